The SMILES string of the molecule is C[C@@H]1C[C@@H](O)[C@@H]([C@H](C)[C@H]2[C@@H]3C[C@H]4[C@@H]5C[C@@H](O)[C@H]6C[C@@H](O)CC[C@]6(C)[C@H]5C[C@]4(O3)[C@]2(C)O)N(C)C1. The predicted octanol–water partition coefficient (Wildman–Crippen LogP) is 2.42. The second kappa shape index (κ2) is 7.64. The number of hydrogen-bond acceptors (Lipinski definition) is 6. The Balaban J connectivity index is 1.31. The number of likely N-dealkylation sites (tertiary alicyclic amines) is 1. The molecule has 0 amide bonds. The van der Waals surface area contributed by atoms with Crippen molar-refractivity contribution >= 4 is 0 Å². The summed E-state index contributed by atoms with van der Waals surface area (Å²) in [6.45, 7) is 9.77. The number of fused-ring (bicyclic) bond motifs is 5. The van der Waals surface area contributed by atoms with E-state index in [1.165, 1.54) is 0 Å². The van der Waals surface area contributed by atoms with Gasteiger partial charge in [0.1, 0.15) is 5.60 Å². The van der Waals surface area contributed by atoms with Crippen molar-refractivity contribution in [2.75, 3.05) is 13.6 Å². The van der Waals surface area contributed by atoms with Crippen molar-refractivity contribution in [3.8, 4) is 0 Å². The molecule has 194 valence electrons. The second-order valence-corrected chi connectivity index (χ2v) is 14.1. The van der Waals surface area contributed by atoms with Crippen LogP contribution in [0.25, 0.3) is 0 Å². The van der Waals surface area contributed by atoms with Crippen LogP contribution in [0.5, 0.6) is 0 Å². The van der Waals surface area contributed by atoms with Gasteiger partial charge < -0.3 is 30.1 Å². The fraction of sp³-hybridized carbons (Fsp3) is 1.00. The van der Waals surface area contributed by atoms with Crippen molar-refractivity contribution in [2.45, 2.75) is 114 Å². The van der Waals surface area contributed by atoms with E-state index in [0.717, 1.165) is 45.1 Å². The van der Waals surface area contributed by atoms with Crippen LogP contribution in [0, 0.1) is 46.8 Å². The van der Waals surface area contributed by atoms with Gasteiger partial charge in [-0.15, -0.1) is 0 Å². The van der Waals surface area contributed by atoms with Crippen molar-refractivity contribution < 1.29 is 25.2 Å². The van der Waals surface area contributed by atoms with Crippen LogP contribution in [0.3, 0.4) is 0 Å². The lowest BCUT2D eigenvalue weighted by atomic mass is 9.51. The van der Waals surface area contributed by atoms with E-state index in [-0.39, 0.29) is 59.5 Å². The lowest BCUT2D eigenvalue weighted by Crippen LogP contribution is -2.62. The molecule has 0 radical (unpaired) electrons. The Morgan fingerprint density at radius 2 is 1.71 bits per heavy atom. The number of likely N-dealkylation sites (N-methyl/N-ethyl adjacent to an activating group) is 1. The van der Waals surface area contributed by atoms with Gasteiger partial charge in [-0.1, -0.05) is 20.8 Å². The molecule has 4 N–H and O–H groups in total. The highest BCUT2D eigenvalue weighted by molar-refractivity contribution is 5.27. The molecule has 0 aromatic heterocycles. The molecule has 0 aromatic rings. The van der Waals surface area contributed by atoms with Gasteiger partial charge in [-0.3, -0.25) is 0 Å². The van der Waals surface area contributed by atoms with Crippen LogP contribution in [0.2, 0.25) is 0 Å². The minimum Gasteiger partial charge on any atom is -0.393 e. The van der Waals surface area contributed by atoms with Gasteiger partial charge in [-0.2, -0.15) is 0 Å². The average molecular weight is 478 g/mol. The molecule has 3 aliphatic heterocycles. The fourth-order valence-electron chi connectivity index (χ4n) is 11.1. The van der Waals surface area contributed by atoms with Gasteiger partial charge in [0.25, 0.3) is 0 Å². The molecular formula is C28H47NO5. The van der Waals surface area contributed by atoms with Crippen molar-refractivity contribution in [3.05, 3.63) is 0 Å². The second-order valence-electron chi connectivity index (χ2n) is 14.1. The lowest BCUT2D eigenvalue weighted by molar-refractivity contribution is -0.141. The Morgan fingerprint density at radius 1 is 0.971 bits per heavy atom. The number of piperidine rings is 1. The summed E-state index contributed by atoms with van der Waals surface area (Å²) in [6, 6.07) is 0.0395. The van der Waals surface area contributed by atoms with Crippen LogP contribution in [-0.4, -0.2) is 80.6 Å². The number of aliphatic hydroxyl groups is 4. The smallest absolute Gasteiger partial charge is 0.101 e. The maximum absolute atomic E-state index is 12.3. The maximum atomic E-state index is 12.3. The summed E-state index contributed by atoms with van der Waals surface area (Å²) >= 11 is 0. The van der Waals surface area contributed by atoms with Gasteiger partial charge in [0.15, 0.2) is 0 Å². The van der Waals surface area contributed by atoms with Crippen LogP contribution in [0.4, 0.5) is 0 Å². The van der Waals surface area contributed by atoms with Crippen LogP contribution in [0.15, 0.2) is 0 Å². The Bertz CT molecular complexity index is 809. The molecule has 34 heavy (non-hydrogen) atoms. The molecule has 0 unspecified atom stereocenters. The van der Waals surface area contributed by atoms with Gasteiger partial charge in [-0.25, -0.2) is 0 Å². The Hall–Kier alpha value is -0.240. The standard InChI is InChI=1S/C28H47NO5/c1-14-8-22(32)25(29(5)13-14)15(2)24-23-11-18-17-10-21(31)19-9-16(30)6-7-26(19,3)20(17)12-28(18,34-23)27(24,4)33/h14-25,30-33H,6-13H2,1-5H3/t14-,15-,16+,17+,18+,19-,20+,21-,22-,23+,24+,25-,26+,27-,28-/m1/s1. The first-order valence-electron chi connectivity index (χ1n) is 14.1. The van der Waals surface area contributed by atoms with Crippen LogP contribution in [0.1, 0.15) is 72.6 Å². The van der Waals surface area contributed by atoms with Crippen LogP contribution < -0.4 is 0 Å². The van der Waals surface area contributed by atoms with Crippen molar-refractivity contribution in [3.63, 3.8) is 0 Å². The zero-order valence-corrected chi connectivity index (χ0v) is 21.7. The monoisotopic (exact) mass is 477 g/mol. The molecule has 6 rings (SSSR count). The minimum absolute atomic E-state index is 0.00103. The zero-order valence-electron chi connectivity index (χ0n) is 21.7. The molecule has 3 saturated heterocycles. The highest BCUT2D eigenvalue weighted by Gasteiger charge is 2.78. The first kappa shape index (κ1) is 24.1. The van der Waals surface area contributed by atoms with E-state index in [1.807, 2.05) is 6.92 Å². The number of ether oxygens (including phenoxy) is 1. The van der Waals surface area contributed by atoms with Crippen molar-refractivity contribution in [1.82, 2.24) is 4.90 Å². The van der Waals surface area contributed by atoms with Gasteiger partial charge >= 0.3 is 0 Å². The number of rotatable bonds is 2. The molecule has 15 atom stereocenters. The summed E-state index contributed by atoms with van der Waals surface area (Å²) in [5.41, 5.74) is -1.51. The van der Waals surface area contributed by atoms with E-state index < -0.39 is 11.2 Å². The third kappa shape index (κ3) is 2.96. The summed E-state index contributed by atoms with van der Waals surface area (Å²) < 4.78 is 6.91. The molecule has 6 nitrogen and oxygen atoms in total. The summed E-state index contributed by atoms with van der Waals surface area (Å²) in [5, 5.41) is 44.9. The average Bonchev–Trinajstić information content (AvgIpc) is 3.32. The Labute approximate surface area is 205 Å². The van der Waals surface area contributed by atoms with E-state index in [9.17, 15) is 20.4 Å². The molecular weight excluding hydrogens is 430 g/mol. The minimum atomic E-state index is -0.952. The first-order chi connectivity index (χ1) is 15.9. The Kier molecular flexibility index (Phi) is 5.42. The summed E-state index contributed by atoms with van der Waals surface area (Å²) in [7, 11) is 2.12. The molecule has 1 spiro atoms. The third-order valence-electron chi connectivity index (χ3n) is 12.4. The molecule has 6 heteroatoms. The Morgan fingerprint density at radius 3 is 2.41 bits per heavy atom. The third-order valence-corrected chi connectivity index (χ3v) is 12.4. The largest absolute Gasteiger partial charge is 0.393 e. The lowest BCUT2D eigenvalue weighted by Gasteiger charge is -2.55. The van der Waals surface area contributed by atoms with E-state index in [1.54, 1.807) is 0 Å². The number of aliphatic hydroxyl groups excluding tert-OH is 3. The highest BCUT2D eigenvalue weighted by Crippen LogP contribution is 2.73. The topological polar surface area (TPSA) is 93.4 Å². The molecule has 6 fully saturated rings. The van der Waals surface area contributed by atoms with Gasteiger partial charge in [0, 0.05) is 18.5 Å². The maximum Gasteiger partial charge on any atom is 0.101 e. The van der Waals surface area contributed by atoms with Crippen molar-refractivity contribution in [2.24, 2.45) is 46.8 Å². The predicted molar refractivity (Wildman–Crippen MR) is 129 cm³/mol. The quantitative estimate of drug-likeness (QED) is 0.488. The zero-order chi connectivity index (χ0) is 24.4. The highest BCUT2D eigenvalue weighted by atomic mass is 16.5. The molecule has 3 saturated carbocycles. The normalized spacial score (nSPS) is 62.2. The summed E-state index contributed by atoms with van der Waals surface area (Å²) in [4.78, 5) is 2.31. The van der Waals surface area contributed by atoms with E-state index in [0.29, 0.717) is 24.2 Å². The van der Waals surface area contributed by atoms with Crippen LogP contribution in [-0.2, 0) is 4.74 Å². The first-order valence-corrected chi connectivity index (χ1v) is 14.1. The molecule has 6 aliphatic rings. The van der Waals surface area contributed by atoms with Gasteiger partial charge in [0.2, 0.25) is 0 Å². The van der Waals surface area contributed by atoms with E-state index in [4.69, 9.17) is 4.74 Å². The fourth-order valence-corrected chi connectivity index (χ4v) is 11.1. The summed E-state index contributed by atoms with van der Waals surface area (Å²) in [6.07, 6.45) is 4.85. The molecule has 2 bridgehead atoms. The van der Waals surface area contributed by atoms with E-state index in [2.05, 4.69) is 32.7 Å². The number of nitrogens with zero attached hydrogens (tertiary/aromatic N) is 1. The molecule has 3 aliphatic carbocycles. The molecule has 3 heterocycles. The molecule has 0 aromatic carbocycles. The summed E-state index contributed by atoms with van der Waals surface area (Å²) in [5.74, 6) is 1.84. The van der Waals surface area contributed by atoms with Gasteiger partial charge in [0.05, 0.1) is 30.0 Å². The van der Waals surface area contributed by atoms with E-state index >= 15 is 0 Å². The van der Waals surface area contributed by atoms with Crippen molar-refractivity contribution in [1.29, 1.82) is 0 Å². The number of hydrogen-bond donors (Lipinski definition) is 4. The van der Waals surface area contributed by atoms with Gasteiger partial charge in [-0.05, 0) is 99.8 Å². The van der Waals surface area contributed by atoms with Crippen LogP contribution >= 0.6 is 0 Å².